The van der Waals surface area contributed by atoms with E-state index in [1.807, 2.05) is 35.4 Å². The summed E-state index contributed by atoms with van der Waals surface area (Å²) >= 11 is 6.15. The first kappa shape index (κ1) is 16.9. The van der Waals surface area contributed by atoms with Crippen molar-refractivity contribution in [3.8, 4) is 5.88 Å². The third kappa shape index (κ3) is 3.27. The molecule has 0 spiro atoms. The van der Waals surface area contributed by atoms with Crippen molar-refractivity contribution in [2.75, 3.05) is 18.7 Å². The van der Waals surface area contributed by atoms with Crippen LogP contribution in [0.15, 0.2) is 41.3 Å². The van der Waals surface area contributed by atoms with E-state index in [1.54, 1.807) is 19.3 Å². The Morgan fingerprint density at radius 1 is 1.42 bits per heavy atom. The molecule has 2 aliphatic rings. The summed E-state index contributed by atoms with van der Waals surface area (Å²) in [5.41, 5.74) is 2.35. The molecule has 0 saturated carbocycles. The maximum Gasteiger partial charge on any atom is 0.278 e. The van der Waals surface area contributed by atoms with Gasteiger partial charge in [-0.15, -0.1) is 0 Å². The van der Waals surface area contributed by atoms with E-state index < -0.39 is 12.5 Å². The molecule has 3 rings (SSSR count). The van der Waals surface area contributed by atoms with Crippen molar-refractivity contribution in [1.29, 1.82) is 0 Å². The highest BCUT2D eigenvalue weighted by atomic mass is 35.5. The van der Waals surface area contributed by atoms with Crippen LogP contribution in [0, 0.1) is 6.92 Å². The number of hydrazine groups is 1. The molecule has 0 aromatic carbocycles. The van der Waals surface area contributed by atoms with Gasteiger partial charge >= 0.3 is 0 Å². The Bertz CT molecular complexity index is 742. The number of nitrogens with zero attached hydrogens (tertiary/aromatic N) is 4. The molecule has 0 bridgehead atoms. The van der Waals surface area contributed by atoms with Gasteiger partial charge in [0.25, 0.3) is 5.92 Å². The lowest BCUT2D eigenvalue weighted by molar-refractivity contribution is -0.0244. The van der Waals surface area contributed by atoms with Crippen LogP contribution in [-0.4, -0.2) is 40.8 Å². The fraction of sp³-hybridized carbons (Fsp3) is 0.375. The molecule has 8 heteroatoms. The summed E-state index contributed by atoms with van der Waals surface area (Å²) in [5, 5.41) is 4.33. The fourth-order valence-electron chi connectivity index (χ4n) is 2.58. The number of aromatic nitrogens is 1. The summed E-state index contributed by atoms with van der Waals surface area (Å²) in [5.74, 6) is -2.70. The predicted octanol–water partition coefficient (Wildman–Crippen LogP) is 3.51. The lowest BCUT2D eigenvalue weighted by atomic mass is 10.1. The third-order valence-corrected chi connectivity index (χ3v) is 4.08. The molecule has 128 valence electrons. The van der Waals surface area contributed by atoms with Crippen molar-refractivity contribution in [3.63, 3.8) is 0 Å². The summed E-state index contributed by atoms with van der Waals surface area (Å²) in [4.78, 5) is 8.25. The molecule has 5 nitrogen and oxygen atoms in total. The highest BCUT2D eigenvalue weighted by molar-refractivity contribution is 6.70. The van der Waals surface area contributed by atoms with Gasteiger partial charge < -0.3 is 4.74 Å². The Labute approximate surface area is 143 Å². The molecule has 0 N–H and O–H groups in total. The molecule has 1 atom stereocenters. The molecule has 3 heterocycles. The first-order valence-corrected chi connectivity index (χ1v) is 7.75. The van der Waals surface area contributed by atoms with Crippen molar-refractivity contribution < 1.29 is 13.5 Å². The molecule has 0 amide bonds. The summed E-state index contributed by atoms with van der Waals surface area (Å²) in [7, 11) is 1.92. The molecule has 24 heavy (non-hydrogen) atoms. The van der Waals surface area contributed by atoms with Crippen LogP contribution >= 0.6 is 11.6 Å². The number of aliphatic imine (C=N–C) groups is 1. The van der Waals surface area contributed by atoms with E-state index in [0.717, 1.165) is 18.2 Å². The van der Waals surface area contributed by atoms with Crippen LogP contribution in [0.1, 0.15) is 12.5 Å². The highest BCUT2D eigenvalue weighted by Gasteiger charge is 2.33. The van der Waals surface area contributed by atoms with Crippen molar-refractivity contribution in [1.82, 2.24) is 9.99 Å². The number of likely N-dealkylation sites (N-methyl/N-ethyl adjacent to an activating group) is 1. The minimum Gasteiger partial charge on any atom is -0.471 e. The Hall–Kier alpha value is -1.99. The van der Waals surface area contributed by atoms with Crippen molar-refractivity contribution >= 4 is 22.5 Å². The minimum atomic E-state index is -2.90. The Kier molecular flexibility index (Phi) is 4.31. The smallest absolute Gasteiger partial charge is 0.278 e. The molecular formula is C16H17ClF2N4O. The molecule has 1 aromatic rings. The summed E-state index contributed by atoms with van der Waals surface area (Å²) < 4.78 is 30.9. The zero-order chi connectivity index (χ0) is 17.5. The molecule has 2 aliphatic heterocycles. The van der Waals surface area contributed by atoms with Crippen LogP contribution in [0.25, 0.3) is 0 Å². The van der Waals surface area contributed by atoms with Crippen LogP contribution in [0.2, 0.25) is 0 Å². The van der Waals surface area contributed by atoms with E-state index in [-0.39, 0.29) is 11.9 Å². The first-order valence-electron chi connectivity index (χ1n) is 7.37. The maximum atomic E-state index is 12.9. The van der Waals surface area contributed by atoms with E-state index in [1.165, 1.54) is 0 Å². The molecule has 0 saturated heterocycles. The number of anilines is 1. The Morgan fingerprint density at radius 3 is 2.79 bits per heavy atom. The second-order valence-electron chi connectivity index (χ2n) is 5.88. The van der Waals surface area contributed by atoms with E-state index in [9.17, 15) is 8.78 Å². The largest absolute Gasteiger partial charge is 0.471 e. The number of hydrogen-bond donors (Lipinski definition) is 0. The van der Waals surface area contributed by atoms with Gasteiger partial charge in [0, 0.05) is 37.5 Å². The van der Waals surface area contributed by atoms with Gasteiger partial charge in [-0.05, 0) is 19.1 Å². The number of hydrogen-bond acceptors (Lipinski definition) is 5. The topological polar surface area (TPSA) is 41.0 Å². The lowest BCUT2D eigenvalue weighted by Gasteiger charge is -2.29. The standard InChI is InChI=1S/C16H17ClF2N4O/c1-10-6-11(7-21-15(10)24-9-16(2,18)19)23-8-12-13(22(23)3)4-5-20-14(12)17/h4-8,13H,9H2,1-3H3. The van der Waals surface area contributed by atoms with E-state index in [4.69, 9.17) is 16.3 Å². The first-order chi connectivity index (χ1) is 11.3. The quantitative estimate of drug-likeness (QED) is 0.829. The SMILES string of the molecule is Cc1cc(N2C=C3C(Cl)=NC=CC3N2C)cnc1OCC(C)(F)F. The van der Waals surface area contributed by atoms with Crippen LogP contribution in [0.3, 0.4) is 0 Å². The molecule has 1 unspecified atom stereocenters. The van der Waals surface area contributed by atoms with Crippen molar-refractivity contribution in [2.24, 2.45) is 4.99 Å². The maximum absolute atomic E-state index is 12.9. The number of ether oxygens (including phenoxy) is 1. The van der Waals surface area contributed by atoms with Crippen molar-refractivity contribution in [2.45, 2.75) is 25.8 Å². The summed E-state index contributed by atoms with van der Waals surface area (Å²) in [6.45, 7) is 1.87. The number of aryl methyl sites for hydroxylation is 1. The second kappa shape index (κ2) is 6.14. The minimum absolute atomic E-state index is 0.00464. The van der Waals surface area contributed by atoms with E-state index in [2.05, 4.69) is 9.98 Å². The van der Waals surface area contributed by atoms with Gasteiger partial charge in [-0.3, -0.25) is 5.01 Å². The van der Waals surface area contributed by atoms with Crippen LogP contribution in [-0.2, 0) is 0 Å². The summed E-state index contributed by atoms with van der Waals surface area (Å²) in [6.07, 6.45) is 7.08. The third-order valence-electron chi connectivity index (χ3n) is 3.76. The highest BCUT2D eigenvalue weighted by Crippen LogP contribution is 2.32. The normalized spacial score (nSPS) is 20.8. The number of rotatable bonds is 4. The summed E-state index contributed by atoms with van der Waals surface area (Å²) in [6, 6.07) is 1.83. The zero-order valence-electron chi connectivity index (χ0n) is 13.5. The van der Waals surface area contributed by atoms with E-state index >= 15 is 0 Å². The average Bonchev–Trinajstić information content (AvgIpc) is 2.84. The molecule has 0 radical (unpaired) electrons. The van der Waals surface area contributed by atoms with Gasteiger partial charge in [-0.2, -0.15) is 0 Å². The molecular weight excluding hydrogens is 338 g/mol. The van der Waals surface area contributed by atoms with Gasteiger partial charge in [0.2, 0.25) is 5.88 Å². The Morgan fingerprint density at radius 2 is 2.17 bits per heavy atom. The van der Waals surface area contributed by atoms with Gasteiger partial charge in [-0.1, -0.05) is 11.6 Å². The lowest BCUT2D eigenvalue weighted by Crippen LogP contribution is -2.38. The van der Waals surface area contributed by atoms with E-state index in [0.29, 0.717) is 10.7 Å². The van der Waals surface area contributed by atoms with Gasteiger partial charge in [-0.25, -0.2) is 23.8 Å². The fourth-order valence-corrected chi connectivity index (χ4v) is 2.80. The van der Waals surface area contributed by atoms with Gasteiger partial charge in [0.1, 0.15) is 5.17 Å². The zero-order valence-corrected chi connectivity index (χ0v) is 14.3. The van der Waals surface area contributed by atoms with Gasteiger partial charge in [0.05, 0.1) is 17.9 Å². The van der Waals surface area contributed by atoms with Crippen molar-refractivity contribution in [3.05, 3.63) is 41.9 Å². The van der Waals surface area contributed by atoms with Crippen LogP contribution in [0.5, 0.6) is 5.88 Å². The Balaban J connectivity index is 1.82. The second-order valence-corrected chi connectivity index (χ2v) is 6.24. The number of halogens is 3. The predicted molar refractivity (Wildman–Crippen MR) is 89.6 cm³/mol. The average molecular weight is 355 g/mol. The van der Waals surface area contributed by atoms with Gasteiger partial charge in [0.15, 0.2) is 6.61 Å². The monoisotopic (exact) mass is 354 g/mol. The van der Waals surface area contributed by atoms with Crippen LogP contribution < -0.4 is 9.75 Å². The number of alkyl halides is 2. The number of pyridine rings is 1. The molecule has 0 fully saturated rings. The number of fused-ring (bicyclic) bond motifs is 1. The van der Waals surface area contributed by atoms with Crippen LogP contribution in [0.4, 0.5) is 14.5 Å². The molecule has 0 aliphatic carbocycles. The molecule has 1 aromatic heterocycles.